The van der Waals surface area contributed by atoms with Crippen LogP contribution in [0.25, 0.3) is 16.9 Å². The van der Waals surface area contributed by atoms with Crippen molar-refractivity contribution < 1.29 is 9.18 Å². The molecule has 2 aliphatic heterocycles. The summed E-state index contributed by atoms with van der Waals surface area (Å²) in [7, 11) is 0. The van der Waals surface area contributed by atoms with Crippen molar-refractivity contribution >= 4 is 22.8 Å². The van der Waals surface area contributed by atoms with Crippen molar-refractivity contribution in [1.29, 1.82) is 0 Å². The molecule has 2 fully saturated rings. The van der Waals surface area contributed by atoms with Gasteiger partial charge in [-0.05, 0) is 42.7 Å². The summed E-state index contributed by atoms with van der Waals surface area (Å²) in [5.41, 5.74) is 7.66. The Morgan fingerprint density at radius 3 is 2.63 bits per heavy atom. The van der Waals surface area contributed by atoms with Gasteiger partial charge in [0.1, 0.15) is 5.52 Å². The van der Waals surface area contributed by atoms with Gasteiger partial charge in [-0.25, -0.2) is 14.4 Å². The minimum atomic E-state index is -1.82. The summed E-state index contributed by atoms with van der Waals surface area (Å²) >= 11 is 0. The van der Waals surface area contributed by atoms with Gasteiger partial charge in [0.2, 0.25) is 0 Å². The number of likely N-dealkylation sites (tertiary alicyclic amines) is 2. The molecule has 5 rings (SSSR count). The van der Waals surface area contributed by atoms with Gasteiger partial charge in [-0.15, -0.1) is 0 Å². The van der Waals surface area contributed by atoms with E-state index in [1.807, 2.05) is 24.3 Å². The number of rotatable bonds is 7. The molecule has 0 saturated carbocycles. The highest BCUT2D eigenvalue weighted by molar-refractivity contribution is 5.85. The fourth-order valence-electron chi connectivity index (χ4n) is 5.35. The van der Waals surface area contributed by atoms with Crippen LogP contribution in [0.3, 0.4) is 0 Å². The van der Waals surface area contributed by atoms with E-state index in [4.69, 9.17) is 10.7 Å². The Labute approximate surface area is 221 Å². The fourth-order valence-corrected chi connectivity index (χ4v) is 5.35. The molecule has 0 radical (unpaired) electrons. The first-order chi connectivity index (χ1) is 18.5. The molecule has 2 aliphatic rings. The molecule has 38 heavy (non-hydrogen) atoms. The number of amides is 1. The summed E-state index contributed by atoms with van der Waals surface area (Å²) in [4.78, 5) is 26.5. The first-order valence-corrected chi connectivity index (χ1v) is 13.0. The molecule has 0 aliphatic carbocycles. The number of nitrogens with two attached hydrogens (primary N) is 1. The number of fused-ring (bicyclic) bond motifs is 1. The van der Waals surface area contributed by atoms with Gasteiger partial charge in [-0.1, -0.05) is 24.8 Å². The van der Waals surface area contributed by atoms with Crippen molar-refractivity contribution in [2.45, 2.75) is 43.9 Å². The number of hydrogen-bond acceptors (Lipinski definition) is 7. The lowest BCUT2D eigenvalue weighted by molar-refractivity contribution is -0.148. The van der Waals surface area contributed by atoms with Gasteiger partial charge < -0.3 is 15.2 Å². The molecule has 2 saturated heterocycles. The van der Waals surface area contributed by atoms with E-state index in [2.05, 4.69) is 31.2 Å². The molecule has 1 amide bonds. The smallest absolute Gasteiger partial charge is 0.260 e. The zero-order valence-electron chi connectivity index (χ0n) is 21.4. The summed E-state index contributed by atoms with van der Waals surface area (Å²) in [5.74, 6) is 0.264. The molecule has 0 bridgehead atoms. The van der Waals surface area contributed by atoms with Crippen molar-refractivity contribution in [3.63, 3.8) is 0 Å². The van der Waals surface area contributed by atoms with Crippen LogP contribution in [0.5, 0.6) is 0 Å². The van der Waals surface area contributed by atoms with Crippen molar-refractivity contribution in [1.82, 2.24) is 34.5 Å². The number of carbonyl (C=O) groups is 1. The van der Waals surface area contributed by atoms with E-state index in [9.17, 15) is 4.79 Å². The number of carbonyl (C=O) groups excluding carboxylic acids is 1. The second-order valence-corrected chi connectivity index (χ2v) is 9.91. The normalized spacial score (nSPS) is 19.3. The molecular weight excluding hydrogens is 483 g/mol. The Bertz CT molecular complexity index is 1340. The molecule has 5 heterocycles. The highest BCUT2D eigenvalue weighted by Crippen LogP contribution is 2.34. The molecule has 10 heteroatoms. The Balaban J connectivity index is 1.25. The number of pyridine rings is 1. The van der Waals surface area contributed by atoms with Crippen LogP contribution in [0.4, 0.5) is 4.39 Å². The van der Waals surface area contributed by atoms with Crippen LogP contribution in [0, 0.1) is 0 Å². The van der Waals surface area contributed by atoms with E-state index >= 15 is 4.39 Å². The van der Waals surface area contributed by atoms with Crippen LogP contribution in [-0.4, -0.2) is 72.3 Å². The van der Waals surface area contributed by atoms with Gasteiger partial charge in [0, 0.05) is 64.0 Å². The number of halogens is 1. The Kier molecular flexibility index (Phi) is 7.59. The van der Waals surface area contributed by atoms with Crippen molar-refractivity contribution in [2.75, 3.05) is 26.2 Å². The van der Waals surface area contributed by atoms with E-state index < -0.39 is 5.67 Å². The zero-order chi connectivity index (χ0) is 26.5. The van der Waals surface area contributed by atoms with Gasteiger partial charge in [-0.3, -0.25) is 9.69 Å². The predicted molar refractivity (Wildman–Crippen MR) is 144 cm³/mol. The molecule has 3 aromatic heterocycles. The molecule has 3 aromatic rings. The minimum absolute atomic E-state index is 0.0515. The predicted octanol–water partition coefficient (Wildman–Crippen LogP) is 3.43. The van der Waals surface area contributed by atoms with Gasteiger partial charge in [0.05, 0.1) is 11.9 Å². The van der Waals surface area contributed by atoms with Gasteiger partial charge >= 0.3 is 0 Å². The van der Waals surface area contributed by atoms with Crippen LogP contribution < -0.4 is 5.73 Å². The quantitative estimate of drug-likeness (QED) is 0.480. The average molecular weight is 517 g/mol. The first kappa shape index (κ1) is 25.7. The van der Waals surface area contributed by atoms with Crippen LogP contribution in [0.15, 0.2) is 67.7 Å². The molecule has 0 aromatic carbocycles. The van der Waals surface area contributed by atoms with E-state index in [0.717, 1.165) is 16.7 Å². The van der Waals surface area contributed by atoms with E-state index in [-0.39, 0.29) is 24.8 Å². The summed E-state index contributed by atoms with van der Waals surface area (Å²) in [6.45, 7) is 6.39. The largest absolute Gasteiger partial charge is 0.396 e. The second kappa shape index (κ2) is 11.2. The summed E-state index contributed by atoms with van der Waals surface area (Å²) in [5, 5.41) is 7.70. The second-order valence-electron chi connectivity index (χ2n) is 9.91. The third-order valence-electron chi connectivity index (χ3n) is 7.43. The van der Waals surface area contributed by atoms with E-state index in [1.54, 1.807) is 41.7 Å². The lowest BCUT2D eigenvalue weighted by Crippen LogP contribution is -2.54. The number of allylic oxidation sites excluding steroid dienone is 4. The van der Waals surface area contributed by atoms with Crippen LogP contribution in [0.2, 0.25) is 0 Å². The van der Waals surface area contributed by atoms with Crippen molar-refractivity contribution in [3.8, 4) is 0 Å². The molecule has 9 nitrogen and oxygen atoms in total. The van der Waals surface area contributed by atoms with Gasteiger partial charge in [0.15, 0.2) is 17.1 Å². The maximum absolute atomic E-state index is 15.9. The van der Waals surface area contributed by atoms with Crippen LogP contribution >= 0.6 is 0 Å². The van der Waals surface area contributed by atoms with Gasteiger partial charge in [-0.2, -0.15) is 10.2 Å². The molecule has 2 N–H and O–H groups in total. The summed E-state index contributed by atoms with van der Waals surface area (Å²) < 4.78 is 17.9. The number of imidazole rings is 1. The molecule has 0 spiro atoms. The summed E-state index contributed by atoms with van der Waals surface area (Å²) in [6.07, 6.45) is 14.0. The van der Waals surface area contributed by atoms with Crippen LogP contribution in [-0.2, 0) is 11.3 Å². The highest BCUT2D eigenvalue weighted by atomic mass is 19.1. The Morgan fingerprint density at radius 2 is 1.92 bits per heavy atom. The summed E-state index contributed by atoms with van der Waals surface area (Å²) in [6, 6.07) is 5.72. The molecule has 198 valence electrons. The van der Waals surface area contributed by atoms with Gasteiger partial charge in [0.25, 0.3) is 5.91 Å². The monoisotopic (exact) mass is 516 g/mol. The highest BCUT2D eigenvalue weighted by Gasteiger charge is 2.45. The van der Waals surface area contributed by atoms with E-state index in [1.165, 1.54) is 0 Å². The molecule has 0 unspecified atom stereocenters. The number of nitrogens with zero attached hydrogens (tertiary/aromatic N) is 7. The standard InChI is InChI=1S/C28H33FN8O/c1-2-3-4-6-23(30)25-34-24-7-5-13-31-26(24)37(25)22-9-15-36(16-10-22)27(38)28(29)11-17-35(18-12-28)20-21-8-14-32-33-19-21/h2-8,13-14,19,22H,1,9-12,15-18,20,30H2/b4-3-,23-6-. The van der Waals surface area contributed by atoms with Crippen molar-refractivity contribution in [3.05, 3.63) is 79.1 Å². The Morgan fingerprint density at radius 1 is 1.13 bits per heavy atom. The van der Waals surface area contributed by atoms with E-state index in [0.29, 0.717) is 57.1 Å². The fraction of sp³-hybridized carbons (Fsp3) is 0.393. The minimum Gasteiger partial charge on any atom is -0.396 e. The zero-order valence-corrected chi connectivity index (χ0v) is 21.4. The third kappa shape index (κ3) is 5.35. The number of aromatic nitrogens is 5. The average Bonchev–Trinajstić information content (AvgIpc) is 3.35. The maximum Gasteiger partial charge on any atom is 0.260 e. The Hall–Kier alpha value is -3.92. The lowest BCUT2D eigenvalue weighted by atomic mass is 9.90. The SMILES string of the molecule is C=C/C=C\C=C(/N)c1nc2cccnc2n1C1CCN(C(=O)C2(F)CCN(Cc3ccnnc3)CC2)CC1. The maximum atomic E-state index is 15.9. The number of hydrogen-bond donors (Lipinski definition) is 1. The number of piperidine rings is 2. The van der Waals surface area contributed by atoms with Crippen molar-refractivity contribution in [2.24, 2.45) is 5.73 Å². The van der Waals surface area contributed by atoms with Crippen LogP contribution in [0.1, 0.15) is 43.1 Å². The molecule has 0 atom stereocenters. The topological polar surface area (TPSA) is 106 Å². The number of alkyl halides is 1. The molecular formula is C28H33FN8O. The third-order valence-corrected chi connectivity index (χ3v) is 7.43. The first-order valence-electron chi connectivity index (χ1n) is 13.0. The lowest BCUT2D eigenvalue weighted by Gasteiger charge is -2.40.